The lowest BCUT2D eigenvalue weighted by atomic mass is 9.83. The maximum absolute atomic E-state index is 15.1. The van der Waals surface area contributed by atoms with Crippen LogP contribution in [0.2, 0.25) is 0 Å². The summed E-state index contributed by atoms with van der Waals surface area (Å²) in [4.78, 5) is 13.7. The Bertz CT molecular complexity index is 1350. The maximum atomic E-state index is 15.1. The molecule has 0 heterocycles. The van der Waals surface area contributed by atoms with Crippen molar-refractivity contribution in [1.29, 1.82) is 0 Å². The number of fused-ring (bicyclic) bond motifs is 1. The highest BCUT2D eigenvalue weighted by molar-refractivity contribution is 7.80. The van der Waals surface area contributed by atoms with Gasteiger partial charge in [-0.15, -0.1) is 0 Å². The first kappa shape index (κ1) is 34.1. The van der Waals surface area contributed by atoms with E-state index < -0.39 is 17.9 Å². The zero-order valence-corrected chi connectivity index (χ0v) is 26.9. The first-order chi connectivity index (χ1) is 21.3. The molecule has 0 radical (unpaired) electrons. The molecule has 4 atom stereocenters. The van der Waals surface area contributed by atoms with Gasteiger partial charge < -0.3 is 21.7 Å². The number of hydrogen-bond donors (Lipinski definition) is 5. The van der Waals surface area contributed by atoms with Crippen LogP contribution in [-0.2, 0) is 24.1 Å². The zero-order chi connectivity index (χ0) is 31.5. The number of benzene rings is 3. The molecule has 3 aromatic carbocycles. The molecule has 44 heavy (non-hydrogen) atoms. The second kappa shape index (κ2) is 17.1. The minimum atomic E-state index is -0.969. The highest BCUT2D eigenvalue weighted by atomic mass is 32.1. The molecule has 5 nitrogen and oxygen atoms in total. The number of anilines is 1. The SMILES string of the molecule is CCNC(CCCS)CCNC(C)CCc1c(F)cccc1NC(=O)[C@@H](N)[C@@H](c1ccc(F)cc1)c1ccc2c(c1)CCC2. The summed E-state index contributed by atoms with van der Waals surface area (Å²) in [6.45, 7) is 6.04. The Balaban J connectivity index is 1.43. The molecule has 0 saturated heterocycles. The standard InChI is InChI=1S/C36H48F2N4OS/c1-3-40-30(9-6-22-44)20-21-41-24(2)12-19-31-32(38)10-5-11-33(31)42-36(43)35(39)34(26-15-17-29(37)18-16-26)28-14-13-25-7-4-8-27(25)23-28/h5,10-11,13-18,23-24,30,34-35,40-41,44H,3-4,6-9,12,19-22,39H2,1-2H3,(H,42,43)/t24?,30?,34-,35-/m0/s1. The molecule has 8 heteroatoms. The topological polar surface area (TPSA) is 79.2 Å². The maximum Gasteiger partial charge on any atom is 0.242 e. The van der Waals surface area contributed by atoms with Crippen molar-refractivity contribution in [3.63, 3.8) is 0 Å². The normalized spacial score (nSPS) is 15.4. The Morgan fingerprint density at radius 2 is 1.70 bits per heavy atom. The summed E-state index contributed by atoms with van der Waals surface area (Å²) < 4.78 is 28.9. The molecular formula is C36H48F2N4OS. The predicted molar refractivity (Wildman–Crippen MR) is 181 cm³/mol. The number of halogens is 2. The summed E-state index contributed by atoms with van der Waals surface area (Å²) in [5.41, 5.74) is 11.9. The van der Waals surface area contributed by atoms with Crippen molar-refractivity contribution in [1.82, 2.24) is 10.6 Å². The van der Waals surface area contributed by atoms with Crippen molar-refractivity contribution in [2.24, 2.45) is 5.73 Å². The third kappa shape index (κ3) is 9.36. The third-order valence-electron chi connectivity index (χ3n) is 8.77. The van der Waals surface area contributed by atoms with Crippen molar-refractivity contribution >= 4 is 24.2 Å². The molecule has 0 aromatic heterocycles. The van der Waals surface area contributed by atoms with Crippen LogP contribution in [0.5, 0.6) is 0 Å². The number of carbonyl (C=O) groups is 1. The lowest BCUT2D eigenvalue weighted by Crippen LogP contribution is -2.41. The quantitative estimate of drug-likeness (QED) is 0.111. The summed E-state index contributed by atoms with van der Waals surface area (Å²) in [5, 5.41) is 10.1. The monoisotopic (exact) mass is 622 g/mol. The fourth-order valence-electron chi connectivity index (χ4n) is 6.30. The average Bonchev–Trinajstić information content (AvgIpc) is 3.49. The van der Waals surface area contributed by atoms with Gasteiger partial charge in [0, 0.05) is 29.3 Å². The van der Waals surface area contributed by atoms with Crippen molar-refractivity contribution in [3.05, 3.63) is 100 Å². The van der Waals surface area contributed by atoms with Gasteiger partial charge >= 0.3 is 0 Å². The smallest absolute Gasteiger partial charge is 0.242 e. The largest absolute Gasteiger partial charge is 0.324 e. The van der Waals surface area contributed by atoms with E-state index in [2.05, 4.69) is 54.6 Å². The van der Waals surface area contributed by atoms with Gasteiger partial charge in [-0.05, 0) is 124 Å². The van der Waals surface area contributed by atoms with Crippen LogP contribution in [0.1, 0.15) is 79.7 Å². The van der Waals surface area contributed by atoms with Crippen molar-refractivity contribution in [2.75, 3.05) is 24.2 Å². The van der Waals surface area contributed by atoms with Crippen LogP contribution in [0.15, 0.2) is 60.7 Å². The van der Waals surface area contributed by atoms with E-state index in [0.717, 1.165) is 68.5 Å². The van der Waals surface area contributed by atoms with Gasteiger partial charge in [-0.1, -0.05) is 43.3 Å². The minimum absolute atomic E-state index is 0.176. The van der Waals surface area contributed by atoms with Crippen LogP contribution in [0.3, 0.4) is 0 Å². The summed E-state index contributed by atoms with van der Waals surface area (Å²) in [6.07, 6.45) is 7.53. The van der Waals surface area contributed by atoms with Gasteiger partial charge in [0.05, 0.1) is 6.04 Å². The van der Waals surface area contributed by atoms with Crippen LogP contribution in [-0.4, -0.2) is 42.9 Å². The van der Waals surface area contributed by atoms with Gasteiger partial charge in [0.25, 0.3) is 0 Å². The Morgan fingerprint density at radius 1 is 0.955 bits per heavy atom. The zero-order valence-electron chi connectivity index (χ0n) is 26.0. The number of rotatable bonds is 17. The molecule has 4 rings (SSSR count). The summed E-state index contributed by atoms with van der Waals surface area (Å²) >= 11 is 4.34. The lowest BCUT2D eigenvalue weighted by Gasteiger charge is -2.26. The summed E-state index contributed by atoms with van der Waals surface area (Å²) in [6, 6.07) is 16.8. The molecule has 5 N–H and O–H groups in total. The van der Waals surface area contributed by atoms with Crippen LogP contribution in [0, 0.1) is 11.6 Å². The number of aryl methyl sites for hydroxylation is 2. The fourth-order valence-corrected chi connectivity index (χ4v) is 6.48. The number of nitrogens with two attached hydrogens (primary N) is 1. The minimum Gasteiger partial charge on any atom is -0.324 e. The van der Waals surface area contributed by atoms with Crippen LogP contribution in [0.25, 0.3) is 0 Å². The molecule has 1 amide bonds. The van der Waals surface area contributed by atoms with Gasteiger partial charge in [0.2, 0.25) is 5.91 Å². The van der Waals surface area contributed by atoms with Gasteiger partial charge in [-0.3, -0.25) is 4.79 Å². The van der Waals surface area contributed by atoms with E-state index in [1.165, 1.54) is 29.3 Å². The molecule has 0 saturated carbocycles. The summed E-state index contributed by atoms with van der Waals surface area (Å²) in [5.74, 6) is -0.705. The Labute approximate surface area is 267 Å². The van der Waals surface area contributed by atoms with E-state index in [9.17, 15) is 9.18 Å². The van der Waals surface area contributed by atoms with Crippen molar-refractivity contribution in [2.45, 2.75) is 89.3 Å². The fraction of sp³-hybridized carbons (Fsp3) is 0.472. The molecule has 0 aliphatic heterocycles. The van der Waals surface area contributed by atoms with E-state index in [-0.39, 0.29) is 17.7 Å². The van der Waals surface area contributed by atoms with E-state index in [4.69, 9.17) is 5.73 Å². The average molecular weight is 623 g/mol. The van der Waals surface area contributed by atoms with Crippen molar-refractivity contribution < 1.29 is 13.6 Å². The Kier molecular flexibility index (Phi) is 13.2. The Hall–Kier alpha value is -2.78. The van der Waals surface area contributed by atoms with Gasteiger partial charge in [0.15, 0.2) is 0 Å². The highest BCUT2D eigenvalue weighted by Gasteiger charge is 2.29. The van der Waals surface area contributed by atoms with Crippen LogP contribution >= 0.6 is 12.6 Å². The lowest BCUT2D eigenvalue weighted by molar-refractivity contribution is -0.117. The molecule has 1 aliphatic rings. The molecule has 0 spiro atoms. The van der Waals surface area contributed by atoms with E-state index in [1.807, 2.05) is 6.07 Å². The molecule has 238 valence electrons. The first-order valence-electron chi connectivity index (χ1n) is 16.1. The number of nitrogens with one attached hydrogen (secondary N) is 3. The predicted octanol–water partition coefficient (Wildman–Crippen LogP) is 6.54. The molecular weight excluding hydrogens is 574 g/mol. The second-order valence-corrected chi connectivity index (χ2v) is 12.4. The first-order valence-corrected chi connectivity index (χ1v) is 16.7. The molecule has 3 aromatic rings. The number of thiol groups is 1. The van der Waals surface area contributed by atoms with Gasteiger partial charge in [-0.2, -0.15) is 12.6 Å². The van der Waals surface area contributed by atoms with Gasteiger partial charge in [0.1, 0.15) is 11.6 Å². The van der Waals surface area contributed by atoms with E-state index in [1.54, 1.807) is 24.3 Å². The van der Waals surface area contributed by atoms with Crippen LogP contribution < -0.4 is 21.7 Å². The van der Waals surface area contributed by atoms with Gasteiger partial charge in [-0.25, -0.2) is 8.78 Å². The molecule has 2 unspecified atom stereocenters. The molecule has 1 aliphatic carbocycles. The summed E-state index contributed by atoms with van der Waals surface area (Å²) in [7, 11) is 0. The number of amides is 1. The second-order valence-electron chi connectivity index (χ2n) is 12.0. The van der Waals surface area contributed by atoms with Crippen molar-refractivity contribution in [3.8, 4) is 0 Å². The number of carbonyl (C=O) groups excluding carboxylic acids is 1. The molecule has 0 fully saturated rings. The molecule has 0 bridgehead atoms. The highest BCUT2D eigenvalue weighted by Crippen LogP contribution is 2.33. The number of hydrogen-bond acceptors (Lipinski definition) is 5. The Morgan fingerprint density at radius 3 is 2.45 bits per heavy atom. The third-order valence-corrected chi connectivity index (χ3v) is 9.08. The van der Waals surface area contributed by atoms with Crippen LogP contribution in [0.4, 0.5) is 14.5 Å². The van der Waals surface area contributed by atoms with E-state index >= 15 is 4.39 Å². The van der Waals surface area contributed by atoms with E-state index in [0.29, 0.717) is 30.1 Å².